The minimum Gasteiger partial charge on any atom is -0.496 e. The Labute approximate surface area is 154 Å². The number of carbonyl (C=O) groups excluding carboxylic acids is 1. The van der Waals surface area contributed by atoms with Gasteiger partial charge in [-0.05, 0) is 37.6 Å². The van der Waals surface area contributed by atoms with Gasteiger partial charge in [0, 0.05) is 18.2 Å². The Balaban J connectivity index is 2.30. The van der Waals surface area contributed by atoms with Crippen molar-refractivity contribution >= 4 is 21.6 Å². The minimum atomic E-state index is -3.41. The Morgan fingerprint density at radius 3 is 2.42 bits per heavy atom. The van der Waals surface area contributed by atoms with Gasteiger partial charge >= 0.3 is 0 Å². The average Bonchev–Trinajstić information content (AvgIpc) is 2.60. The number of nitrogens with one attached hydrogen (secondary N) is 1. The van der Waals surface area contributed by atoms with E-state index in [0.717, 1.165) is 11.8 Å². The lowest BCUT2D eigenvalue weighted by atomic mass is 10.0. The number of benzene rings is 2. The third kappa shape index (κ3) is 4.16. The second kappa shape index (κ2) is 7.78. The first-order valence-electron chi connectivity index (χ1n) is 8.14. The number of anilines is 1. The SMILES string of the molecule is COc1ccccc1[C@H](C)NC(=O)c1cccc(N(C)S(C)(=O)=O)c1C. The molecule has 0 unspecified atom stereocenters. The number of carbonyl (C=O) groups is 1. The summed E-state index contributed by atoms with van der Waals surface area (Å²) in [5.74, 6) is 0.423. The van der Waals surface area contributed by atoms with Crippen molar-refractivity contribution in [3.63, 3.8) is 0 Å². The molecule has 0 aliphatic heterocycles. The van der Waals surface area contributed by atoms with Crippen molar-refractivity contribution in [1.29, 1.82) is 0 Å². The molecule has 0 radical (unpaired) electrons. The van der Waals surface area contributed by atoms with E-state index in [-0.39, 0.29) is 11.9 Å². The maximum Gasteiger partial charge on any atom is 0.252 e. The number of nitrogens with zero attached hydrogens (tertiary/aromatic N) is 1. The normalized spacial score (nSPS) is 12.3. The first kappa shape index (κ1) is 19.8. The molecule has 140 valence electrons. The van der Waals surface area contributed by atoms with Gasteiger partial charge in [-0.1, -0.05) is 24.3 Å². The number of rotatable bonds is 6. The van der Waals surface area contributed by atoms with Crippen LogP contribution in [0.1, 0.15) is 34.5 Å². The number of amides is 1. The van der Waals surface area contributed by atoms with E-state index in [9.17, 15) is 13.2 Å². The molecule has 7 heteroatoms. The third-order valence-electron chi connectivity index (χ3n) is 4.34. The maximum absolute atomic E-state index is 12.8. The highest BCUT2D eigenvalue weighted by Crippen LogP contribution is 2.27. The molecule has 1 amide bonds. The van der Waals surface area contributed by atoms with Gasteiger partial charge in [-0.3, -0.25) is 9.10 Å². The van der Waals surface area contributed by atoms with Crippen molar-refractivity contribution in [2.24, 2.45) is 0 Å². The Hall–Kier alpha value is -2.54. The summed E-state index contributed by atoms with van der Waals surface area (Å²) in [6.07, 6.45) is 1.13. The van der Waals surface area contributed by atoms with Crippen molar-refractivity contribution in [1.82, 2.24) is 5.32 Å². The lowest BCUT2D eigenvalue weighted by Crippen LogP contribution is -2.29. The van der Waals surface area contributed by atoms with Crippen LogP contribution in [0.15, 0.2) is 42.5 Å². The summed E-state index contributed by atoms with van der Waals surface area (Å²) in [5, 5.41) is 2.95. The summed E-state index contributed by atoms with van der Waals surface area (Å²) in [4.78, 5) is 12.8. The Kier molecular flexibility index (Phi) is 5.92. The van der Waals surface area contributed by atoms with E-state index < -0.39 is 10.0 Å². The molecule has 0 aromatic heterocycles. The lowest BCUT2D eigenvalue weighted by Gasteiger charge is -2.22. The Morgan fingerprint density at radius 2 is 1.81 bits per heavy atom. The van der Waals surface area contributed by atoms with Gasteiger partial charge < -0.3 is 10.1 Å². The zero-order chi connectivity index (χ0) is 19.5. The van der Waals surface area contributed by atoms with Gasteiger partial charge in [-0.2, -0.15) is 0 Å². The standard InChI is InChI=1S/C19H24N2O4S/c1-13-15(10-8-11-17(13)21(3)26(5,23)24)19(22)20-14(2)16-9-6-7-12-18(16)25-4/h6-12,14H,1-5H3,(H,20,22)/t14-/m0/s1. The number of ether oxygens (including phenoxy) is 1. The lowest BCUT2D eigenvalue weighted by molar-refractivity contribution is 0.0939. The van der Waals surface area contributed by atoms with Crippen LogP contribution in [0.25, 0.3) is 0 Å². The van der Waals surface area contributed by atoms with E-state index in [4.69, 9.17) is 4.74 Å². The summed E-state index contributed by atoms with van der Waals surface area (Å²) in [5.41, 5.74) is 2.38. The predicted molar refractivity (Wildman–Crippen MR) is 103 cm³/mol. The molecule has 1 N–H and O–H groups in total. The molecule has 2 aromatic carbocycles. The van der Waals surface area contributed by atoms with Crippen LogP contribution < -0.4 is 14.4 Å². The van der Waals surface area contributed by atoms with Crippen LogP contribution in [0.3, 0.4) is 0 Å². The molecule has 26 heavy (non-hydrogen) atoms. The minimum absolute atomic E-state index is 0.269. The van der Waals surface area contributed by atoms with Gasteiger partial charge in [-0.15, -0.1) is 0 Å². The predicted octanol–water partition coefficient (Wildman–Crippen LogP) is 2.89. The third-order valence-corrected chi connectivity index (χ3v) is 5.53. The summed E-state index contributed by atoms with van der Waals surface area (Å²) in [6.45, 7) is 3.61. The van der Waals surface area contributed by atoms with Crippen LogP contribution in [-0.4, -0.2) is 34.7 Å². The first-order chi connectivity index (χ1) is 12.2. The highest BCUT2D eigenvalue weighted by Gasteiger charge is 2.20. The molecule has 2 rings (SSSR count). The highest BCUT2D eigenvalue weighted by atomic mass is 32.2. The Bertz CT molecular complexity index is 910. The van der Waals surface area contributed by atoms with Gasteiger partial charge in [-0.25, -0.2) is 8.42 Å². The molecule has 0 spiro atoms. The number of para-hydroxylation sites is 1. The van der Waals surface area contributed by atoms with E-state index in [2.05, 4.69) is 5.32 Å². The molecule has 2 aromatic rings. The number of hydrogen-bond donors (Lipinski definition) is 1. The fourth-order valence-electron chi connectivity index (χ4n) is 2.77. The molecule has 0 aliphatic carbocycles. The van der Waals surface area contributed by atoms with Crippen LogP contribution in [0.4, 0.5) is 5.69 Å². The van der Waals surface area contributed by atoms with Gasteiger partial charge in [0.25, 0.3) is 5.91 Å². The van der Waals surface area contributed by atoms with E-state index in [0.29, 0.717) is 22.6 Å². The van der Waals surface area contributed by atoms with E-state index >= 15 is 0 Å². The molecule has 0 aliphatic rings. The molecule has 0 saturated carbocycles. The number of hydrogen-bond acceptors (Lipinski definition) is 4. The van der Waals surface area contributed by atoms with Gasteiger partial charge in [0.15, 0.2) is 0 Å². The van der Waals surface area contributed by atoms with Gasteiger partial charge in [0.2, 0.25) is 10.0 Å². The molecule has 0 saturated heterocycles. The number of sulfonamides is 1. The summed E-state index contributed by atoms with van der Waals surface area (Å²) in [6, 6.07) is 12.2. The maximum atomic E-state index is 12.8. The van der Waals surface area contributed by atoms with Crippen LogP contribution in [-0.2, 0) is 10.0 Å². The molecular weight excluding hydrogens is 352 g/mol. The molecule has 1 atom stereocenters. The monoisotopic (exact) mass is 376 g/mol. The summed E-state index contributed by atoms with van der Waals surface area (Å²) >= 11 is 0. The zero-order valence-corrected chi connectivity index (χ0v) is 16.4. The zero-order valence-electron chi connectivity index (χ0n) is 15.6. The van der Waals surface area contributed by atoms with Gasteiger partial charge in [0.1, 0.15) is 5.75 Å². The van der Waals surface area contributed by atoms with E-state index in [1.807, 2.05) is 31.2 Å². The second-order valence-corrected chi connectivity index (χ2v) is 8.13. The topological polar surface area (TPSA) is 75.7 Å². The average molecular weight is 376 g/mol. The van der Waals surface area contributed by atoms with Crippen molar-refractivity contribution in [2.75, 3.05) is 24.7 Å². The molecule has 0 bridgehead atoms. The highest BCUT2D eigenvalue weighted by molar-refractivity contribution is 7.92. The fraction of sp³-hybridized carbons (Fsp3) is 0.316. The molecular formula is C19H24N2O4S. The van der Waals surface area contributed by atoms with Gasteiger partial charge in [0.05, 0.1) is 25.1 Å². The van der Waals surface area contributed by atoms with E-state index in [1.54, 1.807) is 32.2 Å². The molecule has 0 heterocycles. The Morgan fingerprint density at radius 1 is 1.15 bits per heavy atom. The summed E-state index contributed by atoms with van der Waals surface area (Å²) < 4.78 is 30.1. The first-order valence-corrected chi connectivity index (χ1v) is 9.99. The largest absolute Gasteiger partial charge is 0.496 e. The van der Waals surface area contributed by atoms with Crippen LogP contribution in [0.5, 0.6) is 5.75 Å². The van der Waals surface area contributed by atoms with Crippen LogP contribution in [0.2, 0.25) is 0 Å². The fourth-order valence-corrected chi connectivity index (χ4v) is 3.32. The quantitative estimate of drug-likeness (QED) is 0.841. The second-order valence-electron chi connectivity index (χ2n) is 6.12. The van der Waals surface area contributed by atoms with Crippen molar-refractivity contribution < 1.29 is 17.9 Å². The van der Waals surface area contributed by atoms with Crippen molar-refractivity contribution in [2.45, 2.75) is 19.9 Å². The van der Waals surface area contributed by atoms with E-state index in [1.165, 1.54) is 11.4 Å². The van der Waals surface area contributed by atoms with Crippen LogP contribution in [0, 0.1) is 6.92 Å². The summed E-state index contributed by atoms with van der Waals surface area (Å²) in [7, 11) is -0.356. The van der Waals surface area contributed by atoms with Crippen LogP contribution >= 0.6 is 0 Å². The smallest absolute Gasteiger partial charge is 0.252 e. The van der Waals surface area contributed by atoms with Crippen molar-refractivity contribution in [3.05, 3.63) is 59.2 Å². The molecule has 6 nitrogen and oxygen atoms in total. The van der Waals surface area contributed by atoms with Crippen molar-refractivity contribution in [3.8, 4) is 5.75 Å². The molecule has 0 fully saturated rings. The number of methoxy groups -OCH3 is 1.